The molecule has 0 saturated heterocycles. The number of imidazole rings is 1. The lowest BCUT2D eigenvalue weighted by Crippen LogP contribution is -2.23. The molecule has 0 fully saturated rings. The number of aromatic amines is 2. The lowest BCUT2D eigenvalue weighted by Gasteiger charge is -2.04. The summed E-state index contributed by atoms with van der Waals surface area (Å²) in [6.45, 7) is -0.801. The Balaban J connectivity index is 1.79. The standard InChI is InChI=1S/C15H14F2N4O2/c1-8-12(20-7-19-8)6-18-14(22)11-5-9-10(21-11)3-2-4-13(9)23-15(16)17/h2-5,7,15,21H,6H2,1H3,(H,18,22)(H,19,20). The molecule has 0 unspecified atom stereocenters. The van der Waals surface area contributed by atoms with Crippen LogP contribution in [0.1, 0.15) is 21.9 Å². The van der Waals surface area contributed by atoms with Crippen molar-refractivity contribution >= 4 is 16.8 Å². The van der Waals surface area contributed by atoms with Crippen molar-refractivity contribution in [3.05, 3.63) is 47.7 Å². The minimum absolute atomic E-state index is 0.0240. The van der Waals surface area contributed by atoms with E-state index in [0.717, 1.165) is 11.4 Å². The first-order valence-electron chi connectivity index (χ1n) is 6.88. The van der Waals surface area contributed by atoms with E-state index in [1.807, 2.05) is 6.92 Å². The lowest BCUT2D eigenvalue weighted by molar-refractivity contribution is -0.0487. The summed E-state index contributed by atoms with van der Waals surface area (Å²) in [5, 5.41) is 3.15. The summed E-state index contributed by atoms with van der Waals surface area (Å²) in [4.78, 5) is 22.1. The normalized spacial score (nSPS) is 11.1. The van der Waals surface area contributed by atoms with E-state index in [1.165, 1.54) is 12.1 Å². The van der Waals surface area contributed by atoms with Gasteiger partial charge in [-0.15, -0.1) is 0 Å². The van der Waals surface area contributed by atoms with Gasteiger partial charge in [0.2, 0.25) is 0 Å². The molecule has 2 heterocycles. The van der Waals surface area contributed by atoms with Gasteiger partial charge in [-0.2, -0.15) is 8.78 Å². The Bertz CT molecular complexity index is 841. The maximum atomic E-state index is 12.4. The van der Waals surface area contributed by atoms with Gasteiger partial charge in [0, 0.05) is 16.6 Å². The van der Waals surface area contributed by atoms with E-state index in [2.05, 4.69) is 25.0 Å². The van der Waals surface area contributed by atoms with Crippen LogP contribution in [0.5, 0.6) is 5.75 Å². The maximum Gasteiger partial charge on any atom is 0.387 e. The number of ether oxygens (including phenoxy) is 1. The molecule has 0 aliphatic rings. The largest absolute Gasteiger partial charge is 0.434 e. The van der Waals surface area contributed by atoms with Crippen LogP contribution in [-0.2, 0) is 6.54 Å². The highest BCUT2D eigenvalue weighted by atomic mass is 19.3. The van der Waals surface area contributed by atoms with Crippen LogP contribution >= 0.6 is 0 Å². The van der Waals surface area contributed by atoms with Gasteiger partial charge in [0.25, 0.3) is 5.91 Å². The van der Waals surface area contributed by atoms with E-state index < -0.39 is 6.61 Å². The second-order valence-electron chi connectivity index (χ2n) is 4.94. The van der Waals surface area contributed by atoms with Crippen molar-refractivity contribution in [2.75, 3.05) is 0 Å². The molecular weight excluding hydrogens is 306 g/mol. The van der Waals surface area contributed by atoms with Gasteiger partial charge in [0.15, 0.2) is 0 Å². The molecule has 3 N–H and O–H groups in total. The van der Waals surface area contributed by atoms with E-state index in [-0.39, 0.29) is 23.9 Å². The highest BCUT2D eigenvalue weighted by molar-refractivity contribution is 5.99. The molecule has 3 rings (SSSR count). The zero-order valence-electron chi connectivity index (χ0n) is 12.2. The fraction of sp³-hybridized carbons (Fsp3) is 0.200. The summed E-state index contributed by atoms with van der Waals surface area (Å²) in [7, 11) is 0. The Morgan fingerprint density at radius 3 is 2.96 bits per heavy atom. The molecule has 6 nitrogen and oxygen atoms in total. The van der Waals surface area contributed by atoms with Crippen LogP contribution in [0.15, 0.2) is 30.6 Å². The predicted octanol–water partition coefficient (Wildman–Crippen LogP) is 2.73. The molecule has 0 aliphatic carbocycles. The van der Waals surface area contributed by atoms with E-state index in [1.54, 1.807) is 18.5 Å². The fourth-order valence-corrected chi connectivity index (χ4v) is 2.27. The van der Waals surface area contributed by atoms with Gasteiger partial charge < -0.3 is 20.0 Å². The molecule has 0 atom stereocenters. The van der Waals surface area contributed by atoms with Crippen LogP contribution in [0.2, 0.25) is 0 Å². The average molecular weight is 320 g/mol. The molecule has 0 aliphatic heterocycles. The highest BCUT2D eigenvalue weighted by Crippen LogP contribution is 2.27. The van der Waals surface area contributed by atoms with Crippen molar-refractivity contribution in [3.8, 4) is 5.75 Å². The third-order valence-corrected chi connectivity index (χ3v) is 3.44. The number of amides is 1. The van der Waals surface area contributed by atoms with E-state index in [0.29, 0.717) is 10.9 Å². The minimum atomic E-state index is -2.92. The first-order valence-corrected chi connectivity index (χ1v) is 6.88. The fourth-order valence-electron chi connectivity index (χ4n) is 2.27. The van der Waals surface area contributed by atoms with Crippen molar-refractivity contribution in [2.24, 2.45) is 0 Å². The average Bonchev–Trinajstić information content (AvgIpc) is 3.11. The topological polar surface area (TPSA) is 82.8 Å². The summed E-state index contributed by atoms with van der Waals surface area (Å²) in [6.07, 6.45) is 1.55. The molecule has 120 valence electrons. The molecule has 0 saturated carbocycles. The highest BCUT2D eigenvalue weighted by Gasteiger charge is 2.14. The van der Waals surface area contributed by atoms with Gasteiger partial charge in [0.1, 0.15) is 11.4 Å². The van der Waals surface area contributed by atoms with Crippen molar-refractivity contribution in [1.29, 1.82) is 0 Å². The third-order valence-electron chi connectivity index (χ3n) is 3.44. The zero-order valence-corrected chi connectivity index (χ0v) is 12.2. The molecule has 3 aromatic rings. The summed E-state index contributed by atoms with van der Waals surface area (Å²) in [5.74, 6) is -0.331. The van der Waals surface area contributed by atoms with Crippen molar-refractivity contribution < 1.29 is 18.3 Å². The number of nitrogens with one attached hydrogen (secondary N) is 3. The van der Waals surface area contributed by atoms with Gasteiger partial charge in [-0.05, 0) is 25.1 Å². The summed E-state index contributed by atoms with van der Waals surface area (Å²) >= 11 is 0. The molecule has 1 aromatic carbocycles. The number of alkyl halides is 2. The second kappa shape index (κ2) is 6.07. The van der Waals surface area contributed by atoms with Gasteiger partial charge >= 0.3 is 6.61 Å². The summed E-state index contributed by atoms with van der Waals surface area (Å²) in [5.41, 5.74) is 2.41. The van der Waals surface area contributed by atoms with E-state index in [9.17, 15) is 13.6 Å². The number of aromatic nitrogens is 3. The van der Waals surface area contributed by atoms with Gasteiger partial charge in [0.05, 0.1) is 18.6 Å². The third kappa shape index (κ3) is 3.15. The van der Waals surface area contributed by atoms with Crippen LogP contribution < -0.4 is 10.1 Å². The van der Waals surface area contributed by atoms with Crippen molar-refractivity contribution in [1.82, 2.24) is 20.3 Å². The van der Waals surface area contributed by atoms with Crippen molar-refractivity contribution in [2.45, 2.75) is 20.1 Å². The first-order chi connectivity index (χ1) is 11.0. The molecule has 8 heteroatoms. The molecule has 0 spiro atoms. The quantitative estimate of drug-likeness (QED) is 0.676. The minimum Gasteiger partial charge on any atom is -0.434 e. The predicted molar refractivity (Wildman–Crippen MR) is 79.4 cm³/mol. The number of nitrogens with zero attached hydrogens (tertiary/aromatic N) is 1. The number of benzene rings is 1. The number of hydrogen-bond donors (Lipinski definition) is 3. The van der Waals surface area contributed by atoms with Crippen molar-refractivity contribution in [3.63, 3.8) is 0 Å². The number of halogens is 2. The maximum absolute atomic E-state index is 12.4. The van der Waals surface area contributed by atoms with E-state index in [4.69, 9.17) is 0 Å². The molecule has 1 amide bonds. The SMILES string of the molecule is Cc1[nH]cnc1CNC(=O)c1cc2c(OC(F)F)cccc2[nH]1. The van der Waals surface area contributed by atoms with Crippen LogP contribution in [-0.4, -0.2) is 27.5 Å². The number of rotatable bonds is 5. The molecule has 0 bridgehead atoms. The first kappa shape index (κ1) is 15.0. The van der Waals surface area contributed by atoms with E-state index >= 15 is 0 Å². The van der Waals surface area contributed by atoms with Crippen LogP contribution in [0.25, 0.3) is 10.9 Å². The Morgan fingerprint density at radius 2 is 2.26 bits per heavy atom. The summed E-state index contributed by atoms with van der Waals surface area (Å²) < 4.78 is 29.3. The van der Waals surface area contributed by atoms with Gasteiger partial charge in [-0.3, -0.25) is 4.79 Å². The van der Waals surface area contributed by atoms with Crippen LogP contribution in [0, 0.1) is 6.92 Å². The van der Waals surface area contributed by atoms with Gasteiger partial charge in [-0.1, -0.05) is 6.07 Å². The van der Waals surface area contributed by atoms with Crippen LogP contribution in [0.4, 0.5) is 8.78 Å². The number of aryl methyl sites for hydroxylation is 1. The Hall–Kier alpha value is -2.90. The summed E-state index contributed by atoms with van der Waals surface area (Å²) in [6, 6.07) is 6.17. The second-order valence-corrected chi connectivity index (χ2v) is 4.94. The number of carbonyl (C=O) groups excluding carboxylic acids is 1. The molecule has 23 heavy (non-hydrogen) atoms. The molecular formula is C15H14F2N4O2. The molecule has 0 radical (unpaired) electrons. The monoisotopic (exact) mass is 320 g/mol. The zero-order chi connectivity index (χ0) is 16.4. The lowest BCUT2D eigenvalue weighted by atomic mass is 10.2. The number of fused-ring (bicyclic) bond motifs is 1. The smallest absolute Gasteiger partial charge is 0.387 e. The Morgan fingerprint density at radius 1 is 1.43 bits per heavy atom. The molecule has 2 aromatic heterocycles. The number of H-pyrrole nitrogens is 2. The number of hydrogen-bond acceptors (Lipinski definition) is 3. The Kier molecular flexibility index (Phi) is 3.96. The van der Waals surface area contributed by atoms with Gasteiger partial charge in [-0.25, -0.2) is 4.98 Å². The number of carbonyl (C=O) groups is 1. The van der Waals surface area contributed by atoms with Crippen LogP contribution in [0.3, 0.4) is 0 Å². The Labute approximate surface area is 129 Å².